The van der Waals surface area contributed by atoms with E-state index < -0.39 is 0 Å². The fourth-order valence-electron chi connectivity index (χ4n) is 4.63. The molecule has 0 atom stereocenters. The largest absolute Gasteiger partial charge is 0.354 e. The molecule has 1 aromatic heterocycles. The molecule has 0 saturated carbocycles. The van der Waals surface area contributed by atoms with E-state index in [1.54, 1.807) is 11.8 Å². The first kappa shape index (κ1) is 24.1. The molecule has 3 heterocycles. The van der Waals surface area contributed by atoms with Gasteiger partial charge in [-0.3, -0.25) is 9.69 Å². The number of anilines is 1. The number of aromatic nitrogens is 2. The van der Waals surface area contributed by atoms with Crippen molar-refractivity contribution >= 4 is 35.1 Å². The predicted molar refractivity (Wildman–Crippen MR) is 142 cm³/mol. The molecule has 0 radical (unpaired) electrons. The van der Waals surface area contributed by atoms with Crippen LogP contribution in [0, 0.1) is 0 Å². The molecule has 182 valence electrons. The maximum Gasteiger partial charge on any atom is 0.253 e. The van der Waals surface area contributed by atoms with Gasteiger partial charge in [-0.05, 0) is 36.1 Å². The number of likely N-dealkylation sites (tertiary alicyclic amines) is 1. The van der Waals surface area contributed by atoms with Crippen molar-refractivity contribution in [3.05, 3.63) is 82.5 Å². The number of hydrogen-bond acceptors (Lipinski definition) is 6. The molecule has 5 rings (SSSR count). The third-order valence-electron chi connectivity index (χ3n) is 6.54. The third kappa shape index (κ3) is 6.34. The Bertz CT molecular complexity index is 1150. The molecule has 2 aromatic carbocycles. The lowest BCUT2D eigenvalue weighted by Gasteiger charge is -2.35. The van der Waals surface area contributed by atoms with Gasteiger partial charge in [0.1, 0.15) is 11.0 Å². The summed E-state index contributed by atoms with van der Waals surface area (Å²) >= 11 is 7.93. The standard InChI is InChI=1S/C27H30ClN5OS/c28-24-18-25(32-15-13-31(14-16-32)19-21-7-2-1-3-8-21)30-27(29-24)35-20-22-9-6-10-23(17-22)26(34)33-11-4-5-12-33/h1-3,6-10,17-18H,4-5,11-16,19-20H2. The van der Waals surface area contributed by atoms with E-state index >= 15 is 0 Å². The van der Waals surface area contributed by atoms with Crippen LogP contribution in [0.4, 0.5) is 5.82 Å². The molecule has 2 aliphatic heterocycles. The van der Waals surface area contributed by atoms with Crippen LogP contribution >= 0.6 is 23.4 Å². The van der Waals surface area contributed by atoms with Gasteiger partial charge in [0, 0.05) is 63.2 Å². The molecule has 0 bridgehead atoms. The van der Waals surface area contributed by atoms with Crippen LogP contribution in [0.25, 0.3) is 0 Å². The van der Waals surface area contributed by atoms with E-state index in [0.717, 1.165) is 75.6 Å². The Balaban J connectivity index is 1.19. The van der Waals surface area contributed by atoms with Crippen molar-refractivity contribution in [3.8, 4) is 0 Å². The lowest BCUT2D eigenvalue weighted by molar-refractivity contribution is 0.0792. The number of piperazine rings is 1. The highest BCUT2D eigenvalue weighted by Crippen LogP contribution is 2.26. The molecule has 8 heteroatoms. The Morgan fingerprint density at radius 2 is 1.60 bits per heavy atom. The minimum Gasteiger partial charge on any atom is -0.354 e. The van der Waals surface area contributed by atoms with Gasteiger partial charge in [0.25, 0.3) is 5.91 Å². The maximum atomic E-state index is 12.7. The van der Waals surface area contributed by atoms with Gasteiger partial charge in [-0.25, -0.2) is 9.97 Å². The molecular weight excluding hydrogens is 478 g/mol. The van der Waals surface area contributed by atoms with E-state index in [4.69, 9.17) is 16.6 Å². The Hall–Kier alpha value is -2.61. The summed E-state index contributed by atoms with van der Waals surface area (Å²) in [4.78, 5) is 28.7. The summed E-state index contributed by atoms with van der Waals surface area (Å²) in [6.07, 6.45) is 2.19. The van der Waals surface area contributed by atoms with Gasteiger partial charge in [-0.2, -0.15) is 0 Å². The minimum absolute atomic E-state index is 0.127. The van der Waals surface area contributed by atoms with Gasteiger partial charge in [0.15, 0.2) is 5.16 Å². The summed E-state index contributed by atoms with van der Waals surface area (Å²) < 4.78 is 0. The molecule has 0 spiro atoms. The molecule has 0 aliphatic carbocycles. The van der Waals surface area contributed by atoms with Crippen LogP contribution in [-0.2, 0) is 12.3 Å². The Morgan fingerprint density at radius 1 is 0.857 bits per heavy atom. The highest BCUT2D eigenvalue weighted by molar-refractivity contribution is 7.98. The number of carbonyl (C=O) groups is 1. The lowest BCUT2D eigenvalue weighted by Crippen LogP contribution is -2.46. The van der Waals surface area contributed by atoms with E-state index in [0.29, 0.717) is 16.1 Å². The lowest BCUT2D eigenvalue weighted by atomic mass is 10.1. The molecular formula is C27H30ClN5OS. The van der Waals surface area contributed by atoms with Gasteiger partial charge in [-0.15, -0.1) is 0 Å². The quantitative estimate of drug-likeness (QED) is 0.255. The summed E-state index contributed by atoms with van der Waals surface area (Å²) in [5, 5.41) is 1.12. The summed E-state index contributed by atoms with van der Waals surface area (Å²) in [6, 6.07) is 20.4. The summed E-state index contributed by atoms with van der Waals surface area (Å²) in [5.41, 5.74) is 3.18. The van der Waals surface area contributed by atoms with E-state index in [1.807, 2.05) is 35.2 Å². The molecule has 2 fully saturated rings. The van der Waals surface area contributed by atoms with Gasteiger partial charge >= 0.3 is 0 Å². The zero-order chi connectivity index (χ0) is 24.0. The van der Waals surface area contributed by atoms with Gasteiger partial charge in [0.05, 0.1) is 0 Å². The number of benzene rings is 2. The normalized spacial score (nSPS) is 16.6. The first-order chi connectivity index (χ1) is 17.1. The first-order valence-corrected chi connectivity index (χ1v) is 13.6. The summed E-state index contributed by atoms with van der Waals surface area (Å²) in [7, 11) is 0. The fourth-order valence-corrected chi connectivity index (χ4v) is 5.66. The molecule has 0 unspecified atom stereocenters. The van der Waals surface area contributed by atoms with Crippen LogP contribution < -0.4 is 4.90 Å². The second-order valence-corrected chi connectivity index (χ2v) is 10.4. The smallest absolute Gasteiger partial charge is 0.253 e. The Morgan fingerprint density at radius 3 is 2.37 bits per heavy atom. The average Bonchev–Trinajstić information content (AvgIpc) is 3.43. The van der Waals surface area contributed by atoms with Crippen molar-refractivity contribution in [3.63, 3.8) is 0 Å². The van der Waals surface area contributed by atoms with Crippen molar-refractivity contribution in [2.75, 3.05) is 44.2 Å². The second-order valence-electron chi connectivity index (χ2n) is 9.07. The zero-order valence-corrected chi connectivity index (χ0v) is 21.3. The van der Waals surface area contributed by atoms with E-state index in [1.165, 1.54) is 5.56 Å². The van der Waals surface area contributed by atoms with E-state index in [-0.39, 0.29) is 5.91 Å². The third-order valence-corrected chi connectivity index (χ3v) is 7.65. The topological polar surface area (TPSA) is 52.6 Å². The molecule has 2 saturated heterocycles. The highest BCUT2D eigenvalue weighted by Gasteiger charge is 2.21. The molecule has 3 aromatic rings. The van der Waals surface area contributed by atoms with Gasteiger partial charge in [0.2, 0.25) is 0 Å². The minimum atomic E-state index is 0.127. The van der Waals surface area contributed by atoms with Crippen molar-refractivity contribution in [1.29, 1.82) is 0 Å². The Labute approximate surface area is 216 Å². The first-order valence-electron chi connectivity index (χ1n) is 12.2. The van der Waals surface area contributed by atoms with Crippen LogP contribution in [0.15, 0.2) is 65.8 Å². The van der Waals surface area contributed by atoms with Crippen LogP contribution in [0.3, 0.4) is 0 Å². The number of halogens is 1. The van der Waals surface area contributed by atoms with E-state index in [9.17, 15) is 4.79 Å². The summed E-state index contributed by atoms with van der Waals surface area (Å²) in [6.45, 7) is 6.47. The van der Waals surface area contributed by atoms with Gasteiger partial charge in [-0.1, -0.05) is 65.8 Å². The molecule has 0 N–H and O–H groups in total. The molecule has 1 amide bonds. The van der Waals surface area contributed by atoms with Crippen LogP contribution in [-0.4, -0.2) is 64.9 Å². The average molecular weight is 508 g/mol. The summed E-state index contributed by atoms with van der Waals surface area (Å²) in [5.74, 6) is 1.69. The molecule has 35 heavy (non-hydrogen) atoms. The van der Waals surface area contributed by atoms with E-state index in [2.05, 4.69) is 45.1 Å². The number of carbonyl (C=O) groups excluding carboxylic acids is 1. The number of hydrogen-bond donors (Lipinski definition) is 0. The fraction of sp³-hybridized carbons (Fsp3) is 0.370. The predicted octanol–water partition coefficient (Wildman–Crippen LogP) is 4.98. The SMILES string of the molecule is O=C(c1cccc(CSc2nc(Cl)cc(N3CCN(Cc4ccccc4)CC3)n2)c1)N1CCCC1. The van der Waals surface area contributed by atoms with Crippen molar-refractivity contribution in [1.82, 2.24) is 19.8 Å². The number of nitrogens with zero attached hydrogens (tertiary/aromatic N) is 5. The number of thioether (sulfide) groups is 1. The van der Waals surface area contributed by atoms with Crippen LogP contribution in [0.1, 0.15) is 34.3 Å². The maximum absolute atomic E-state index is 12.7. The van der Waals surface area contributed by atoms with Crippen molar-refractivity contribution in [2.24, 2.45) is 0 Å². The van der Waals surface area contributed by atoms with Gasteiger partial charge < -0.3 is 9.80 Å². The molecule has 2 aliphatic rings. The number of rotatable bonds is 7. The number of amides is 1. The highest BCUT2D eigenvalue weighted by atomic mass is 35.5. The van der Waals surface area contributed by atoms with Crippen LogP contribution in [0.5, 0.6) is 0 Å². The second kappa shape index (κ2) is 11.4. The van der Waals surface area contributed by atoms with Crippen molar-refractivity contribution < 1.29 is 4.79 Å². The zero-order valence-electron chi connectivity index (χ0n) is 19.8. The van der Waals surface area contributed by atoms with Crippen LogP contribution in [0.2, 0.25) is 5.15 Å². The monoisotopic (exact) mass is 507 g/mol. The Kier molecular flexibility index (Phi) is 7.86. The molecule has 6 nitrogen and oxygen atoms in total. The van der Waals surface area contributed by atoms with Crippen molar-refractivity contribution in [2.45, 2.75) is 30.3 Å².